The minimum Gasteiger partial charge on any atom is -0.464 e. The number of allylic oxidation sites excluding steroid dienone is 1. The number of thioether (sulfide) groups is 1. The molecule has 0 aromatic carbocycles. The third-order valence-electron chi connectivity index (χ3n) is 1.63. The van der Waals surface area contributed by atoms with E-state index in [9.17, 15) is 0 Å². The van der Waals surface area contributed by atoms with Gasteiger partial charge in [0.1, 0.15) is 6.61 Å². The molecule has 0 atom stereocenters. The number of aromatic nitrogens is 2. The van der Waals surface area contributed by atoms with Gasteiger partial charge in [-0.3, -0.25) is 0 Å². The summed E-state index contributed by atoms with van der Waals surface area (Å²) >= 11 is 2.99. The van der Waals surface area contributed by atoms with Gasteiger partial charge >= 0.3 is 0 Å². The van der Waals surface area contributed by atoms with Crippen molar-refractivity contribution in [2.45, 2.75) is 5.16 Å². The summed E-state index contributed by atoms with van der Waals surface area (Å²) in [5.41, 5.74) is 1.20. The third-order valence-corrected chi connectivity index (χ3v) is 4.48. The van der Waals surface area contributed by atoms with E-state index in [1.807, 2.05) is 6.26 Å². The second-order valence-electron chi connectivity index (χ2n) is 2.62. The van der Waals surface area contributed by atoms with Gasteiger partial charge in [-0.1, -0.05) is 32.5 Å². The van der Waals surface area contributed by atoms with Gasteiger partial charge in [0.2, 0.25) is 5.16 Å². The molecule has 2 heterocycles. The van der Waals surface area contributed by atoms with E-state index in [0.717, 1.165) is 5.16 Å². The molecule has 6 heteroatoms. The summed E-state index contributed by atoms with van der Waals surface area (Å²) in [5, 5.41) is 1.43. The maximum Gasteiger partial charge on any atom is 0.294 e. The summed E-state index contributed by atoms with van der Waals surface area (Å²) in [6.45, 7) is 0.583. The molecule has 1 aliphatic heterocycles. The lowest BCUT2D eigenvalue weighted by molar-refractivity contribution is 0.351. The number of nitrogens with zero attached hydrogens (tertiary/aromatic N) is 2. The first-order valence-electron chi connectivity index (χ1n) is 4.20. The van der Waals surface area contributed by atoms with Crippen molar-refractivity contribution in [2.24, 2.45) is 0 Å². The summed E-state index contributed by atoms with van der Waals surface area (Å²) in [6.07, 6.45) is 6.21. The van der Waals surface area contributed by atoms with Crippen molar-refractivity contribution < 1.29 is 4.74 Å². The zero-order chi connectivity index (χ0) is 10.5. The molecule has 0 amide bonds. The Morgan fingerprint density at radius 1 is 1.60 bits per heavy atom. The van der Waals surface area contributed by atoms with E-state index in [2.05, 4.69) is 29.6 Å². The fourth-order valence-electron chi connectivity index (χ4n) is 0.912. The smallest absolute Gasteiger partial charge is 0.294 e. The van der Waals surface area contributed by atoms with Gasteiger partial charge < -0.3 is 4.74 Å². The van der Waals surface area contributed by atoms with Gasteiger partial charge in [-0.15, -0.1) is 0 Å². The first kappa shape index (κ1) is 11.3. The topological polar surface area (TPSA) is 35.0 Å². The van der Waals surface area contributed by atoms with E-state index in [1.54, 1.807) is 0 Å². The van der Waals surface area contributed by atoms with Crippen LogP contribution in [0.3, 0.4) is 0 Å². The molecular weight excluding hydrogens is 343 g/mol. The molecule has 0 saturated heterocycles. The van der Waals surface area contributed by atoms with E-state index < -0.39 is 0 Å². The summed E-state index contributed by atoms with van der Waals surface area (Å²) < 4.78 is 14.1. The zero-order valence-electron chi connectivity index (χ0n) is 8.01. The second-order valence-corrected chi connectivity index (χ2v) is 6.27. The van der Waals surface area contributed by atoms with Crippen molar-refractivity contribution in [1.82, 2.24) is 9.36 Å². The molecule has 3 nitrogen and oxygen atoms in total. The average Bonchev–Trinajstić information content (AvgIpc) is 2.76. The Kier molecular flexibility index (Phi) is 4.33. The van der Waals surface area contributed by atoms with Gasteiger partial charge in [-0.2, -0.15) is 9.36 Å². The Morgan fingerprint density at radius 2 is 2.53 bits per heavy atom. The summed E-state index contributed by atoms with van der Waals surface area (Å²) in [5.74, 6) is 0. The SMILES string of the molecule is CSc1nsc(OCC2=CC=IC=C2)n1. The molecule has 0 saturated carbocycles. The number of rotatable bonds is 4. The van der Waals surface area contributed by atoms with E-state index in [1.165, 1.54) is 28.9 Å². The first-order valence-corrected chi connectivity index (χ1v) is 8.69. The Balaban J connectivity index is 1.90. The van der Waals surface area contributed by atoms with E-state index in [4.69, 9.17) is 4.74 Å². The van der Waals surface area contributed by atoms with Crippen LogP contribution in [0.15, 0.2) is 27.0 Å². The van der Waals surface area contributed by atoms with Crippen LogP contribution in [0.4, 0.5) is 0 Å². The van der Waals surface area contributed by atoms with Crippen LogP contribution in [-0.2, 0) is 0 Å². The van der Waals surface area contributed by atoms with Crippen molar-refractivity contribution in [3.63, 3.8) is 0 Å². The number of hydrogen-bond donors (Lipinski definition) is 0. The van der Waals surface area contributed by atoms with Gasteiger partial charge in [-0.05, 0) is 32.1 Å². The van der Waals surface area contributed by atoms with E-state index in [0.29, 0.717) is 11.8 Å². The molecule has 1 aromatic rings. The quantitative estimate of drug-likeness (QED) is 0.617. The standard InChI is InChI=1S/C9H9IN2OS2/c1-14-8-11-9(15-12-8)13-6-7-2-4-10-5-3-7/h2-5H,6H2,1H3. The number of ether oxygens (including phenoxy) is 1. The largest absolute Gasteiger partial charge is 0.464 e. The fraction of sp³-hybridized carbons (Fsp3) is 0.222. The molecule has 2 rings (SSSR count). The highest BCUT2D eigenvalue weighted by atomic mass is 127. The average molecular weight is 352 g/mol. The molecule has 1 aromatic heterocycles. The molecule has 0 radical (unpaired) electrons. The van der Waals surface area contributed by atoms with Crippen molar-refractivity contribution in [2.75, 3.05) is 12.9 Å². The predicted molar refractivity (Wildman–Crippen MR) is 74.5 cm³/mol. The van der Waals surface area contributed by atoms with Crippen LogP contribution < -0.4 is 4.74 Å². The molecule has 0 N–H and O–H groups in total. The maximum absolute atomic E-state index is 5.53. The van der Waals surface area contributed by atoms with Gasteiger partial charge in [0.15, 0.2) is 0 Å². The minimum atomic E-state index is 0.156. The minimum absolute atomic E-state index is 0.156. The first-order chi connectivity index (χ1) is 7.38. The predicted octanol–water partition coefficient (Wildman–Crippen LogP) is 2.87. The van der Waals surface area contributed by atoms with Gasteiger partial charge in [-0.25, -0.2) is 0 Å². The molecule has 0 aliphatic carbocycles. The highest BCUT2D eigenvalue weighted by Crippen LogP contribution is 2.20. The van der Waals surface area contributed by atoms with Gasteiger partial charge in [0, 0.05) is 11.5 Å². The molecule has 0 fully saturated rings. The Bertz CT molecular complexity index is 426. The Morgan fingerprint density at radius 3 is 3.20 bits per heavy atom. The Hall–Kier alpha value is -0.210. The molecule has 0 bridgehead atoms. The zero-order valence-corrected chi connectivity index (χ0v) is 11.8. The molecule has 15 heavy (non-hydrogen) atoms. The van der Waals surface area contributed by atoms with Crippen molar-refractivity contribution in [1.29, 1.82) is 0 Å². The molecular formula is C9H9IN2OS2. The van der Waals surface area contributed by atoms with Crippen LogP contribution in [0.2, 0.25) is 0 Å². The summed E-state index contributed by atoms with van der Waals surface area (Å²) in [7, 11) is 0. The lowest BCUT2D eigenvalue weighted by atomic mass is 10.3. The fourth-order valence-corrected chi connectivity index (χ4v) is 3.57. The second kappa shape index (κ2) is 5.76. The highest BCUT2D eigenvalue weighted by Gasteiger charge is 2.04. The van der Waals surface area contributed by atoms with E-state index in [-0.39, 0.29) is 20.7 Å². The number of hydrogen-bond acceptors (Lipinski definition) is 5. The number of halogens is 1. The van der Waals surface area contributed by atoms with Crippen LogP contribution in [0.1, 0.15) is 0 Å². The Labute approximate surface area is 107 Å². The molecule has 1 aliphatic rings. The summed E-state index contributed by atoms with van der Waals surface area (Å²) in [4.78, 5) is 4.21. The van der Waals surface area contributed by atoms with Crippen LogP contribution in [0, 0.1) is 0 Å². The van der Waals surface area contributed by atoms with Crippen molar-refractivity contribution >= 4 is 48.0 Å². The van der Waals surface area contributed by atoms with Crippen LogP contribution in [0.25, 0.3) is 0 Å². The van der Waals surface area contributed by atoms with E-state index >= 15 is 0 Å². The van der Waals surface area contributed by atoms with Crippen molar-refractivity contribution in [3.8, 4) is 5.19 Å². The van der Waals surface area contributed by atoms with Gasteiger partial charge in [0.05, 0.1) is 0 Å². The molecule has 0 spiro atoms. The lowest BCUT2D eigenvalue weighted by Crippen LogP contribution is -1.99. The van der Waals surface area contributed by atoms with Gasteiger partial charge in [0.25, 0.3) is 5.19 Å². The van der Waals surface area contributed by atoms with Crippen molar-refractivity contribution in [3.05, 3.63) is 21.8 Å². The normalized spacial score (nSPS) is 14.6. The van der Waals surface area contributed by atoms with Crippen LogP contribution in [-0.4, -0.2) is 26.2 Å². The highest BCUT2D eigenvalue weighted by molar-refractivity contribution is 14.2. The maximum atomic E-state index is 5.53. The van der Waals surface area contributed by atoms with Crippen LogP contribution in [0.5, 0.6) is 5.19 Å². The monoisotopic (exact) mass is 352 g/mol. The summed E-state index contributed by atoms with van der Waals surface area (Å²) in [6, 6.07) is 0. The van der Waals surface area contributed by atoms with Crippen LogP contribution >= 0.6 is 44.0 Å². The third kappa shape index (κ3) is 3.39. The molecule has 80 valence electrons. The molecule has 0 unspecified atom stereocenters. The lowest BCUT2D eigenvalue weighted by Gasteiger charge is -2.03.